The number of hydrogen-bond donors (Lipinski definition) is 2. The number of likely N-dealkylation sites (tertiary alicyclic amines) is 1. The Hall–Kier alpha value is 0.0900. The molecule has 6 heteroatoms. The molecule has 2 atom stereocenters. The minimum Gasteiger partial charge on any atom is -0.391 e. The fraction of sp³-hybridized carbons (Fsp3) is 0.929. The van der Waals surface area contributed by atoms with Crippen LogP contribution < -0.4 is 5.73 Å². The van der Waals surface area contributed by atoms with Crippen molar-refractivity contribution < 1.29 is 9.90 Å². The van der Waals surface area contributed by atoms with Crippen molar-refractivity contribution in [3.8, 4) is 0 Å². The number of nitrogens with two attached hydrogens (primary N) is 1. The van der Waals surface area contributed by atoms with Crippen molar-refractivity contribution in [2.24, 2.45) is 5.73 Å². The SMILES string of the molecule is CC[C@@H]1C[C@@H](O)CN1C(=O)CCC(C)(C)SSCCN. The van der Waals surface area contributed by atoms with Crippen LogP contribution in [0, 0.1) is 0 Å². The largest absolute Gasteiger partial charge is 0.391 e. The molecule has 0 aromatic heterocycles. The Morgan fingerprint density at radius 2 is 2.20 bits per heavy atom. The molecular weight excluding hydrogens is 292 g/mol. The number of carbonyl (C=O) groups is 1. The maximum Gasteiger partial charge on any atom is 0.222 e. The van der Waals surface area contributed by atoms with Gasteiger partial charge in [0.05, 0.1) is 6.10 Å². The van der Waals surface area contributed by atoms with E-state index in [9.17, 15) is 9.90 Å². The third-order valence-electron chi connectivity index (χ3n) is 3.61. The summed E-state index contributed by atoms with van der Waals surface area (Å²) in [5.74, 6) is 1.13. The molecule has 1 saturated heterocycles. The van der Waals surface area contributed by atoms with Gasteiger partial charge in [0.2, 0.25) is 5.91 Å². The molecule has 3 N–H and O–H groups in total. The molecule has 0 aliphatic carbocycles. The lowest BCUT2D eigenvalue weighted by Gasteiger charge is -2.27. The van der Waals surface area contributed by atoms with Crippen molar-refractivity contribution in [1.82, 2.24) is 4.90 Å². The summed E-state index contributed by atoms with van der Waals surface area (Å²) in [4.78, 5) is 14.2. The van der Waals surface area contributed by atoms with E-state index in [2.05, 4.69) is 20.8 Å². The summed E-state index contributed by atoms with van der Waals surface area (Å²) in [7, 11) is 3.59. The summed E-state index contributed by atoms with van der Waals surface area (Å²) in [5, 5.41) is 9.71. The summed E-state index contributed by atoms with van der Waals surface area (Å²) in [6.45, 7) is 7.62. The molecule has 1 aliphatic rings. The second-order valence-corrected chi connectivity index (χ2v) is 9.07. The van der Waals surface area contributed by atoms with E-state index in [1.807, 2.05) is 15.7 Å². The van der Waals surface area contributed by atoms with Crippen LogP contribution in [0.4, 0.5) is 0 Å². The third kappa shape index (κ3) is 5.84. The van der Waals surface area contributed by atoms with Gasteiger partial charge in [-0.1, -0.05) is 28.5 Å². The quantitative estimate of drug-likeness (QED) is 0.530. The molecular formula is C14H28N2O2S2. The maximum absolute atomic E-state index is 12.3. The minimum absolute atomic E-state index is 0.0789. The number of rotatable bonds is 8. The van der Waals surface area contributed by atoms with Crippen molar-refractivity contribution in [2.45, 2.75) is 63.3 Å². The Labute approximate surface area is 130 Å². The van der Waals surface area contributed by atoms with Gasteiger partial charge in [-0.25, -0.2) is 0 Å². The number of hydrogen-bond acceptors (Lipinski definition) is 5. The zero-order valence-electron chi connectivity index (χ0n) is 12.8. The molecule has 0 unspecified atom stereocenters. The molecule has 1 fully saturated rings. The Balaban J connectivity index is 2.38. The van der Waals surface area contributed by atoms with Crippen molar-refractivity contribution in [2.75, 3.05) is 18.8 Å². The lowest BCUT2D eigenvalue weighted by Crippen LogP contribution is -2.36. The second kappa shape index (κ2) is 8.51. The lowest BCUT2D eigenvalue weighted by molar-refractivity contribution is -0.132. The molecule has 20 heavy (non-hydrogen) atoms. The van der Waals surface area contributed by atoms with Gasteiger partial charge in [-0.3, -0.25) is 4.79 Å². The van der Waals surface area contributed by atoms with E-state index in [1.165, 1.54) is 0 Å². The molecule has 0 saturated carbocycles. The smallest absolute Gasteiger partial charge is 0.222 e. The van der Waals surface area contributed by atoms with E-state index in [-0.39, 0.29) is 22.8 Å². The normalized spacial score (nSPS) is 23.4. The average molecular weight is 321 g/mol. The number of β-amino-alcohol motifs (C(OH)–C–C–N with tert-alkyl or cyclic N) is 1. The fourth-order valence-corrected chi connectivity index (χ4v) is 4.86. The van der Waals surface area contributed by atoms with Crippen LogP contribution in [-0.4, -0.2) is 51.6 Å². The van der Waals surface area contributed by atoms with Gasteiger partial charge in [0.25, 0.3) is 0 Å². The van der Waals surface area contributed by atoms with Crippen molar-refractivity contribution >= 4 is 27.5 Å². The summed E-state index contributed by atoms with van der Waals surface area (Å²) in [6, 6.07) is 0.222. The minimum atomic E-state index is -0.341. The average Bonchev–Trinajstić information content (AvgIpc) is 2.77. The van der Waals surface area contributed by atoms with Gasteiger partial charge >= 0.3 is 0 Å². The van der Waals surface area contributed by atoms with E-state index in [1.54, 1.807) is 10.8 Å². The van der Waals surface area contributed by atoms with Crippen LogP contribution in [0.3, 0.4) is 0 Å². The first kappa shape index (κ1) is 18.1. The van der Waals surface area contributed by atoms with Gasteiger partial charge in [0.15, 0.2) is 0 Å². The number of aliphatic hydroxyl groups excluding tert-OH is 1. The van der Waals surface area contributed by atoms with Crippen LogP contribution >= 0.6 is 21.6 Å². The Morgan fingerprint density at radius 3 is 2.80 bits per heavy atom. The highest BCUT2D eigenvalue weighted by molar-refractivity contribution is 8.77. The van der Waals surface area contributed by atoms with Crippen LogP contribution in [0.5, 0.6) is 0 Å². The maximum atomic E-state index is 12.3. The molecule has 0 radical (unpaired) electrons. The standard InChI is InChI=1S/C14H28N2O2S2/c1-4-11-9-12(17)10-16(11)13(18)5-6-14(2,3)20-19-8-7-15/h11-12,17H,4-10,15H2,1-3H3/t11-,12-/m1/s1. The topological polar surface area (TPSA) is 66.6 Å². The van der Waals surface area contributed by atoms with Gasteiger partial charge in [-0.2, -0.15) is 0 Å². The monoisotopic (exact) mass is 320 g/mol. The van der Waals surface area contributed by atoms with Crippen LogP contribution in [-0.2, 0) is 4.79 Å². The van der Waals surface area contributed by atoms with Crippen LogP contribution in [0.15, 0.2) is 0 Å². The highest BCUT2D eigenvalue weighted by Crippen LogP contribution is 2.38. The molecule has 1 amide bonds. The van der Waals surface area contributed by atoms with Gasteiger partial charge in [-0.15, -0.1) is 0 Å². The first-order valence-corrected chi connectivity index (χ1v) is 9.69. The molecule has 1 aliphatic heterocycles. The lowest BCUT2D eigenvalue weighted by atomic mass is 10.1. The molecule has 1 rings (SSSR count). The Kier molecular flexibility index (Phi) is 7.72. The predicted octanol–water partition coefficient (Wildman–Crippen LogP) is 2.26. The molecule has 0 aromatic carbocycles. The summed E-state index contributed by atoms with van der Waals surface area (Å²) in [5.41, 5.74) is 5.49. The third-order valence-corrected chi connectivity index (χ3v) is 6.99. The summed E-state index contributed by atoms with van der Waals surface area (Å²) >= 11 is 0. The highest BCUT2D eigenvalue weighted by atomic mass is 33.1. The number of amides is 1. The molecule has 4 nitrogen and oxygen atoms in total. The zero-order valence-corrected chi connectivity index (χ0v) is 14.4. The second-order valence-electron chi connectivity index (χ2n) is 5.95. The van der Waals surface area contributed by atoms with Crippen LogP contribution in [0.1, 0.15) is 46.5 Å². The van der Waals surface area contributed by atoms with Gasteiger partial charge in [-0.05, 0) is 33.1 Å². The highest BCUT2D eigenvalue weighted by Gasteiger charge is 2.33. The predicted molar refractivity (Wildman–Crippen MR) is 88.8 cm³/mol. The van der Waals surface area contributed by atoms with Crippen LogP contribution in [0.25, 0.3) is 0 Å². The van der Waals surface area contributed by atoms with E-state index < -0.39 is 0 Å². The van der Waals surface area contributed by atoms with E-state index in [0.29, 0.717) is 19.5 Å². The number of carbonyl (C=O) groups excluding carboxylic acids is 1. The van der Waals surface area contributed by atoms with Gasteiger partial charge in [0.1, 0.15) is 0 Å². The number of aliphatic hydroxyl groups is 1. The van der Waals surface area contributed by atoms with Gasteiger partial charge in [0, 0.05) is 36.1 Å². The van der Waals surface area contributed by atoms with E-state index >= 15 is 0 Å². The first-order chi connectivity index (χ1) is 9.39. The number of nitrogens with zero attached hydrogens (tertiary/aromatic N) is 1. The summed E-state index contributed by atoms with van der Waals surface area (Å²) < 4.78 is 0.0789. The van der Waals surface area contributed by atoms with Crippen LogP contribution in [0.2, 0.25) is 0 Å². The van der Waals surface area contributed by atoms with E-state index in [4.69, 9.17) is 5.73 Å². The molecule has 0 spiro atoms. The van der Waals surface area contributed by atoms with Gasteiger partial charge < -0.3 is 15.7 Å². The molecule has 0 bridgehead atoms. The first-order valence-electron chi connectivity index (χ1n) is 7.38. The molecule has 118 valence electrons. The molecule has 0 aromatic rings. The Morgan fingerprint density at radius 1 is 1.50 bits per heavy atom. The van der Waals surface area contributed by atoms with Crippen molar-refractivity contribution in [1.29, 1.82) is 0 Å². The van der Waals surface area contributed by atoms with Crippen molar-refractivity contribution in [3.63, 3.8) is 0 Å². The Bertz CT molecular complexity index is 314. The zero-order chi connectivity index (χ0) is 15.2. The van der Waals surface area contributed by atoms with Crippen molar-refractivity contribution in [3.05, 3.63) is 0 Å². The fourth-order valence-electron chi connectivity index (χ4n) is 2.43. The van der Waals surface area contributed by atoms with E-state index in [0.717, 1.165) is 25.0 Å². The molecule has 1 heterocycles. The summed E-state index contributed by atoms with van der Waals surface area (Å²) in [6.07, 6.45) is 2.73.